The summed E-state index contributed by atoms with van der Waals surface area (Å²) in [6.45, 7) is -0.219. The highest BCUT2D eigenvalue weighted by Gasteiger charge is 2.15. The number of carbonyl (C=O) groups excluding carboxylic acids is 1. The van der Waals surface area contributed by atoms with Crippen molar-refractivity contribution < 1.29 is 18.8 Å². The quantitative estimate of drug-likeness (QED) is 0.477. The highest BCUT2D eigenvalue weighted by atomic mass is 19.1. The summed E-state index contributed by atoms with van der Waals surface area (Å²) in [7, 11) is 1.20. The van der Waals surface area contributed by atoms with Crippen LogP contribution >= 0.6 is 0 Å². The second-order valence-corrected chi connectivity index (χ2v) is 2.85. The molecule has 0 aliphatic carbocycles. The van der Waals surface area contributed by atoms with Crippen molar-refractivity contribution in [1.82, 2.24) is 0 Å². The van der Waals surface area contributed by atoms with Gasteiger partial charge in [0.1, 0.15) is 18.0 Å². The molecule has 0 spiro atoms. The zero-order valence-electron chi connectivity index (χ0n) is 8.40. The summed E-state index contributed by atoms with van der Waals surface area (Å²) in [6, 6.07) is 3.03. The highest BCUT2D eigenvalue weighted by molar-refractivity contribution is 5.76. The molecule has 0 bridgehead atoms. The molecule has 0 aliphatic heterocycles. The fraction of sp³-hybridized carbons (Fsp3) is 0.222. The van der Waals surface area contributed by atoms with Crippen molar-refractivity contribution in [3.05, 3.63) is 34.1 Å². The van der Waals surface area contributed by atoms with Gasteiger partial charge >= 0.3 is 5.97 Å². The molecule has 0 unspecified atom stereocenters. The minimum absolute atomic E-state index is 0.0665. The van der Waals surface area contributed by atoms with Gasteiger partial charge < -0.3 is 10.1 Å². The Kier molecular flexibility index (Phi) is 3.76. The van der Waals surface area contributed by atoms with Gasteiger partial charge in [-0.05, 0) is 12.1 Å². The Morgan fingerprint density at radius 3 is 2.88 bits per heavy atom. The molecule has 1 aromatic rings. The first-order valence-corrected chi connectivity index (χ1v) is 4.29. The average molecular weight is 228 g/mol. The van der Waals surface area contributed by atoms with Gasteiger partial charge in [-0.3, -0.25) is 14.9 Å². The van der Waals surface area contributed by atoms with E-state index < -0.39 is 22.4 Å². The molecule has 0 saturated carbocycles. The lowest BCUT2D eigenvalue weighted by Gasteiger charge is -2.05. The standard InChI is InChI=1S/C9H9FN2O4/c1-16-9(13)5-11-7-3-2-6(10)4-8(7)12(14)15/h2-4,11H,5H2,1H3. The molecule has 0 aliphatic rings. The van der Waals surface area contributed by atoms with Crippen LogP contribution in [-0.2, 0) is 9.53 Å². The number of anilines is 1. The summed E-state index contributed by atoms with van der Waals surface area (Å²) in [5.41, 5.74) is -0.360. The predicted octanol–water partition coefficient (Wildman–Crippen LogP) is 1.32. The molecule has 0 fully saturated rings. The predicted molar refractivity (Wildman–Crippen MR) is 53.6 cm³/mol. The van der Waals surface area contributed by atoms with E-state index in [-0.39, 0.29) is 12.2 Å². The van der Waals surface area contributed by atoms with Crippen LogP contribution in [0.1, 0.15) is 0 Å². The number of rotatable bonds is 4. The van der Waals surface area contributed by atoms with Crippen LogP contribution in [0.15, 0.2) is 18.2 Å². The van der Waals surface area contributed by atoms with Crippen molar-refractivity contribution in [2.75, 3.05) is 19.0 Å². The number of ether oxygens (including phenoxy) is 1. The molecule has 0 amide bonds. The molecule has 0 heterocycles. The maximum absolute atomic E-state index is 12.7. The zero-order chi connectivity index (χ0) is 12.1. The van der Waals surface area contributed by atoms with Crippen molar-refractivity contribution in [1.29, 1.82) is 0 Å². The molecule has 86 valence electrons. The van der Waals surface area contributed by atoms with Crippen LogP contribution in [-0.4, -0.2) is 24.5 Å². The lowest BCUT2D eigenvalue weighted by molar-refractivity contribution is -0.384. The number of esters is 1. The Morgan fingerprint density at radius 2 is 2.31 bits per heavy atom. The second kappa shape index (κ2) is 5.06. The number of benzene rings is 1. The van der Waals surface area contributed by atoms with Gasteiger partial charge in [-0.15, -0.1) is 0 Å². The molecule has 7 heteroatoms. The van der Waals surface area contributed by atoms with Crippen molar-refractivity contribution in [2.24, 2.45) is 0 Å². The van der Waals surface area contributed by atoms with E-state index in [0.29, 0.717) is 0 Å². The van der Waals surface area contributed by atoms with Crippen molar-refractivity contribution in [2.45, 2.75) is 0 Å². The van der Waals surface area contributed by atoms with Crippen molar-refractivity contribution in [3.8, 4) is 0 Å². The molecule has 0 aromatic heterocycles. The topological polar surface area (TPSA) is 81.5 Å². The monoisotopic (exact) mass is 228 g/mol. The Hall–Kier alpha value is -2.18. The van der Waals surface area contributed by atoms with Gasteiger partial charge in [-0.1, -0.05) is 0 Å². The van der Waals surface area contributed by atoms with Crippen LogP contribution in [0, 0.1) is 15.9 Å². The lowest BCUT2D eigenvalue weighted by atomic mass is 10.2. The summed E-state index contributed by atoms with van der Waals surface area (Å²) in [6.07, 6.45) is 0. The third kappa shape index (κ3) is 2.91. The largest absolute Gasteiger partial charge is 0.468 e. The number of nitrogens with zero attached hydrogens (tertiary/aromatic N) is 1. The van der Waals surface area contributed by atoms with E-state index in [2.05, 4.69) is 10.1 Å². The van der Waals surface area contributed by atoms with Crippen LogP contribution in [0.5, 0.6) is 0 Å². The number of hydrogen-bond acceptors (Lipinski definition) is 5. The molecule has 1 aromatic carbocycles. The number of nitrogens with one attached hydrogen (secondary N) is 1. The van der Waals surface area contributed by atoms with Crippen molar-refractivity contribution >= 4 is 17.3 Å². The van der Waals surface area contributed by atoms with Gasteiger partial charge in [-0.2, -0.15) is 0 Å². The molecule has 1 rings (SSSR count). The minimum atomic E-state index is -0.733. The van der Waals surface area contributed by atoms with E-state index in [4.69, 9.17) is 0 Å². The van der Waals surface area contributed by atoms with E-state index >= 15 is 0 Å². The van der Waals surface area contributed by atoms with Gasteiger partial charge in [0.05, 0.1) is 18.1 Å². The molecular weight excluding hydrogens is 219 g/mol. The normalized spacial score (nSPS) is 9.62. The molecule has 0 saturated heterocycles. The van der Waals surface area contributed by atoms with Gasteiger partial charge in [0, 0.05) is 0 Å². The van der Waals surface area contributed by atoms with E-state index in [1.54, 1.807) is 0 Å². The second-order valence-electron chi connectivity index (χ2n) is 2.85. The number of halogens is 1. The molecule has 16 heavy (non-hydrogen) atoms. The first kappa shape index (κ1) is 11.9. The smallest absolute Gasteiger partial charge is 0.325 e. The van der Waals surface area contributed by atoms with Crippen LogP contribution in [0.4, 0.5) is 15.8 Å². The maximum Gasteiger partial charge on any atom is 0.325 e. The molecule has 6 nitrogen and oxygen atoms in total. The van der Waals surface area contributed by atoms with Crippen LogP contribution in [0.2, 0.25) is 0 Å². The third-order valence-corrected chi connectivity index (χ3v) is 1.81. The van der Waals surface area contributed by atoms with Gasteiger partial charge in [-0.25, -0.2) is 4.39 Å². The highest BCUT2D eigenvalue weighted by Crippen LogP contribution is 2.24. The summed E-state index contributed by atoms with van der Waals surface area (Å²) in [5.74, 6) is -1.28. The maximum atomic E-state index is 12.7. The fourth-order valence-corrected chi connectivity index (χ4v) is 1.04. The summed E-state index contributed by atoms with van der Waals surface area (Å²) >= 11 is 0. The van der Waals surface area contributed by atoms with E-state index in [0.717, 1.165) is 12.1 Å². The Bertz CT molecular complexity index is 422. The van der Waals surface area contributed by atoms with Gasteiger partial charge in [0.2, 0.25) is 0 Å². The number of carbonyl (C=O) groups is 1. The SMILES string of the molecule is COC(=O)CNc1ccc(F)cc1[N+](=O)[O-]. The molecular formula is C9H9FN2O4. The minimum Gasteiger partial charge on any atom is -0.468 e. The summed E-state index contributed by atoms with van der Waals surface area (Å²) in [5, 5.41) is 13.1. The Balaban J connectivity index is 2.87. The Morgan fingerprint density at radius 1 is 1.62 bits per heavy atom. The summed E-state index contributed by atoms with van der Waals surface area (Å²) < 4.78 is 17.1. The first-order chi connectivity index (χ1) is 7.54. The number of methoxy groups -OCH3 is 1. The molecule has 0 atom stereocenters. The van der Waals surface area contributed by atoms with E-state index in [1.165, 1.54) is 13.2 Å². The lowest BCUT2D eigenvalue weighted by Crippen LogP contribution is -2.15. The number of nitro benzene ring substituents is 1. The third-order valence-electron chi connectivity index (χ3n) is 1.81. The molecule has 1 N–H and O–H groups in total. The van der Waals surface area contributed by atoms with E-state index in [1.807, 2.05) is 0 Å². The van der Waals surface area contributed by atoms with Crippen LogP contribution < -0.4 is 5.32 Å². The van der Waals surface area contributed by atoms with Crippen LogP contribution in [0.25, 0.3) is 0 Å². The fourth-order valence-electron chi connectivity index (χ4n) is 1.04. The summed E-state index contributed by atoms with van der Waals surface area (Å²) in [4.78, 5) is 20.6. The number of hydrogen-bond donors (Lipinski definition) is 1. The van der Waals surface area contributed by atoms with Crippen LogP contribution in [0.3, 0.4) is 0 Å². The average Bonchev–Trinajstić information content (AvgIpc) is 2.26. The van der Waals surface area contributed by atoms with Gasteiger partial charge in [0.25, 0.3) is 5.69 Å². The van der Waals surface area contributed by atoms with E-state index in [9.17, 15) is 19.3 Å². The zero-order valence-corrected chi connectivity index (χ0v) is 8.40. The number of nitro groups is 1. The molecule has 0 radical (unpaired) electrons. The Labute approximate surface area is 90.2 Å². The first-order valence-electron chi connectivity index (χ1n) is 4.29. The van der Waals surface area contributed by atoms with Crippen molar-refractivity contribution in [3.63, 3.8) is 0 Å². The van der Waals surface area contributed by atoms with Gasteiger partial charge in [0.15, 0.2) is 0 Å².